The molecule has 0 radical (unpaired) electrons. The minimum Gasteiger partial charge on any atom is -0.493 e. The van der Waals surface area contributed by atoms with Crippen molar-refractivity contribution in [3.05, 3.63) is 55.0 Å². The number of hydrogen-bond acceptors (Lipinski definition) is 8. The molecule has 3 heterocycles. The van der Waals surface area contributed by atoms with Gasteiger partial charge in [-0.25, -0.2) is 19.9 Å². The van der Waals surface area contributed by atoms with Crippen LogP contribution in [0.25, 0.3) is 16.9 Å². The third-order valence-electron chi connectivity index (χ3n) is 4.47. The van der Waals surface area contributed by atoms with E-state index in [-0.39, 0.29) is 0 Å². The minimum absolute atomic E-state index is 0.500. The van der Waals surface area contributed by atoms with Crippen molar-refractivity contribution in [1.82, 2.24) is 24.3 Å². The topological polar surface area (TPSA) is 95.7 Å². The van der Waals surface area contributed by atoms with Crippen molar-refractivity contribution < 1.29 is 14.2 Å². The molecule has 4 rings (SSSR count). The first-order chi connectivity index (χ1) is 14.2. The fraction of sp³-hybridized carbons (Fsp3) is 0.200. The number of methoxy groups -OCH3 is 3. The van der Waals surface area contributed by atoms with E-state index in [1.165, 1.54) is 6.33 Å². The molecule has 4 aromatic rings. The lowest BCUT2D eigenvalue weighted by Crippen LogP contribution is -2.05. The molecular formula is C20H20N6O3. The largest absolute Gasteiger partial charge is 0.493 e. The molecule has 0 bridgehead atoms. The van der Waals surface area contributed by atoms with Crippen molar-refractivity contribution >= 4 is 11.5 Å². The summed E-state index contributed by atoms with van der Waals surface area (Å²) in [5.74, 6) is 2.41. The summed E-state index contributed by atoms with van der Waals surface area (Å²) in [5, 5.41) is 3.33. The third kappa shape index (κ3) is 3.49. The second-order valence-corrected chi connectivity index (χ2v) is 6.13. The predicted molar refractivity (Wildman–Crippen MR) is 107 cm³/mol. The van der Waals surface area contributed by atoms with Crippen LogP contribution in [0.5, 0.6) is 17.2 Å². The van der Waals surface area contributed by atoms with Crippen LogP contribution in [0.4, 0.5) is 5.82 Å². The average Bonchev–Trinajstić information content (AvgIpc) is 3.22. The molecule has 1 N–H and O–H groups in total. The summed E-state index contributed by atoms with van der Waals surface area (Å²) in [6.07, 6.45) is 10.4. The van der Waals surface area contributed by atoms with E-state index in [0.29, 0.717) is 35.3 Å². The van der Waals surface area contributed by atoms with Gasteiger partial charge in [-0.05, 0) is 17.7 Å². The van der Waals surface area contributed by atoms with Gasteiger partial charge in [0.1, 0.15) is 6.33 Å². The summed E-state index contributed by atoms with van der Waals surface area (Å²) in [6.45, 7) is 0.500. The number of hydrogen-bond donors (Lipinski definition) is 1. The van der Waals surface area contributed by atoms with E-state index in [9.17, 15) is 0 Å². The highest BCUT2D eigenvalue weighted by Gasteiger charge is 2.14. The minimum atomic E-state index is 0.500. The summed E-state index contributed by atoms with van der Waals surface area (Å²) < 4.78 is 18.2. The van der Waals surface area contributed by atoms with Crippen molar-refractivity contribution in [2.24, 2.45) is 0 Å². The zero-order valence-electron chi connectivity index (χ0n) is 16.3. The Hall–Kier alpha value is -3.88. The van der Waals surface area contributed by atoms with Gasteiger partial charge in [0.15, 0.2) is 23.0 Å². The Morgan fingerprint density at radius 3 is 2.31 bits per heavy atom. The Kier molecular flexibility index (Phi) is 5.10. The molecule has 0 saturated heterocycles. The summed E-state index contributed by atoms with van der Waals surface area (Å²) in [4.78, 5) is 17.1. The van der Waals surface area contributed by atoms with Crippen molar-refractivity contribution in [2.45, 2.75) is 6.54 Å². The highest BCUT2D eigenvalue weighted by molar-refractivity contribution is 5.70. The van der Waals surface area contributed by atoms with Crippen LogP contribution >= 0.6 is 0 Å². The Balaban J connectivity index is 1.63. The molecule has 148 valence electrons. The molecule has 0 aliphatic heterocycles. The summed E-state index contributed by atoms with van der Waals surface area (Å²) in [5.41, 5.74) is 3.42. The fourth-order valence-electron chi connectivity index (χ4n) is 3.11. The number of nitrogens with zero attached hydrogens (tertiary/aromatic N) is 5. The van der Waals surface area contributed by atoms with Gasteiger partial charge < -0.3 is 19.5 Å². The lowest BCUT2D eigenvalue weighted by Gasteiger charge is -2.14. The lowest BCUT2D eigenvalue weighted by molar-refractivity contribution is 0.324. The number of rotatable bonds is 7. The molecule has 29 heavy (non-hydrogen) atoms. The summed E-state index contributed by atoms with van der Waals surface area (Å²) >= 11 is 0. The number of benzene rings is 1. The van der Waals surface area contributed by atoms with Gasteiger partial charge in [0.25, 0.3) is 0 Å². The smallest absolute Gasteiger partial charge is 0.203 e. The van der Waals surface area contributed by atoms with Gasteiger partial charge in [-0.15, -0.1) is 0 Å². The van der Waals surface area contributed by atoms with Crippen LogP contribution in [0.1, 0.15) is 5.56 Å². The van der Waals surface area contributed by atoms with Crippen molar-refractivity contribution in [1.29, 1.82) is 0 Å². The summed E-state index contributed by atoms with van der Waals surface area (Å²) in [6, 6.07) is 3.79. The number of fused-ring (bicyclic) bond motifs is 1. The van der Waals surface area contributed by atoms with Gasteiger partial charge in [-0.2, -0.15) is 0 Å². The van der Waals surface area contributed by atoms with E-state index in [4.69, 9.17) is 14.2 Å². The second-order valence-electron chi connectivity index (χ2n) is 6.13. The second kappa shape index (κ2) is 8.01. The lowest BCUT2D eigenvalue weighted by atomic mass is 10.1. The Labute approximate surface area is 167 Å². The van der Waals surface area contributed by atoms with Crippen molar-refractivity contribution in [2.75, 3.05) is 26.6 Å². The van der Waals surface area contributed by atoms with Gasteiger partial charge >= 0.3 is 0 Å². The first-order valence-electron chi connectivity index (χ1n) is 8.85. The first-order valence-corrected chi connectivity index (χ1v) is 8.85. The molecule has 0 unspecified atom stereocenters. The van der Waals surface area contributed by atoms with Gasteiger partial charge in [-0.3, -0.25) is 4.40 Å². The van der Waals surface area contributed by atoms with Gasteiger partial charge in [-0.1, -0.05) is 0 Å². The third-order valence-corrected chi connectivity index (χ3v) is 4.47. The van der Waals surface area contributed by atoms with Crippen LogP contribution in [-0.2, 0) is 6.54 Å². The number of aromatic nitrogens is 5. The van der Waals surface area contributed by atoms with Crippen LogP contribution in [0, 0.1) is 0 Å². The van der Waals surface area contributed by atoms with Crippen LogP contribution < -0.4 is 19.5 Å². The molecule has 0 atom stereocenters. The highest BCUT2D eigenvalue weighted by atomic mass is 16.5. The number of ether oxygens (including phenoxy) is 3. The fourth-order valence-corrected chi connectivity index (χ4v) is 3.11. The van der Waals surface area contributed by atoms with E-state index >= 15 is 0 Å². The van der Waals surface area contributed by atoms with E-state index < -0.39 is 0 Å². The molecule has 0 fully saturated rings. The maximum absolute atomic E-state index is 5.42. The van der Waals surface area contributed by atoms with E-state index in [1.54, 1.807) is 46.1 Å². The quantitative estimate of drug-likeness (QED) is 0.513. The van der Waals surface area contributed by atoms with E-state index in [1.807, 2.05) is 22.7 Å². The van der Waals surface area contributed by atoms with Gasteiger partial charge in [0.05, 0.1) is 33.2 Å². The van der Waals surface area contributed by atoms with Crippen LogP contribution in [0.15, 0.2) is 49.4 Å². The van der Waals surface area contributed by atoms with Crippen LogP contribution in [0.3, 0.4) is 0 Å². The summed E-state index contributed by atoms with van der Waals surface area (Å²) in [7, 11) is 4.77. The standard InChI is InChI=1S/C20H20N6O3/c1-27-16-6-13(7-17(28-2)18(16)29-3)8-24-19-20-25-11-15(26(20)5-4-23-19)14-9-21-12-22-10-14/h4-7,9-12H,8H2,1-3H3,(H,23,24). The molecule has 0 aliphatic rings. The number of imidazole rings is 1. The zero-order valence-corrected chi connectivity index (χ0v) is 16.3. The molecule has 9 heteroatoms. The first kappa shape index (κ1) is 18.5. The average molecular weight is 392 g/mol. The zero-order chi connectivity index (χ0) is 20.2. The van der Waals surface area contributed by atoms with E-state index in [2.05, 4.69) is 25.3 Å². The molecule has 0 amide bonds. The molecule has 1 aromatic carbocycles. The SMILES string of the molecule is COc1cc(CNc2nccn3c(-c4cncnc4)cnc23)cc(OC)c1OC. The van der Waals surface area contributed by atoms with Crippen LogP contribution in [0.2, 0.25) is 0 Å². The van der Waals surface area contributed by atoms with Crippen LogP contribution in [-0.4, -0.2) is 45.7 Å². The normalized spacial score (nSPS) is 10.7. The van der Waals surface area contributed by atoms with Crippen molar-refractivity contribution in [3.8, 4) is 28.5 Å². The molecule has 0 aliphatic carbocycles. The predicted octanol–water partition coefficient (Wildman–Crippen LogP) is 2.82. The van der Waals surface area contributed by atoms with Gasteiger partial charge in [0, 0.05) is 36.9 Å². The molecular weight excluding hydrogens is 372 g/mol. The maximum Gasteiger partial charge on any atom is 0.203 e. The Morgan fingerprint density at radius 1 is 0.931 bits per heavy atom. The Bertz CT molecular complexity index is 1100. The van der Waals surface area contributed by atoms with Gasteiger partial charge in [0.2, 0.25) is 5.75 Å². The molecule has 9 nitrogen and oxygen atoms in total. The van der Waals surface area contributed by atoms with E-state index in [0.717, 1.165) is 16.8 Å². The van der Waals surface area contributed by atoms with Crippen molar-refractivity contribution in [3.63, 3.8) is 0 Å². The number of anilines is 1. The molecule has 3 aromatic heterocycles. The highest BCUT2D eigenvalue weighted by Crippen LogP contribution is 2.38. The Morgan fingerprint density at radius 2 is 1.66 bits per heavy atom. The molecule has 0 saturated carbocycles. The maximum atomic E-state index is 5.42. The number of nitrogens with one attached hydrogen (secondary N) is 1. The molecule has 0 spiro atoms. The monoisotopic (exact) mass is 392 g/mol.